The minimum atomic E-state index is 0.0671. The Kier molecular flexibility index (Phi) is 5.49. The van der Waals surface area contributed by atoms with E-state index < -0.39 is 0 Å². The van der Waals surface area contributed by atoms with Gasteiger partial charge in [-0.3, -0.25) is 4.79 Å². The zero-order valence-electron chi connectivity index (χ0n) is 19.9. The van der Waals surface area contributed by atoms with Crippen molar-refractivity contribution in [1.29, 1.82) is 0 Å². The molecule has 4 nitrogen and oxygen atoms in total. The third-order valence-electron chi connectivity index (χ3n) is 6.89. The first-order valence-corrected chi connectivity index (χ1v) is 12.5. The van der Waals surface area contributed by atoms with E-state index in [4.69, 9.17) is 4.74 Å². The van der Waals surface area contributed by atoms with Crippen molar-refractivity contribution < 1.29 is 4.74 Å². The molecule has 0 saturated heterocycles. The summed E-state index contributed by atoms with van der Waals surface area (Å²) in [4.78, 5) is 16.2. The van der Waals surface area contributed by atoms with Crippen LogP contribution in [0.25, 0.3) is 21.8 Å². The fraction of sp³-hybridized carbons (Fsp3) is 0.194. The molecule has 0 N–H and O–H groups in total. The SMILES string of the molecule is CCCCCCn1c2ccccc2c(=O)c2c(N3c4ccccc4Oc4ccccc43)cccc21. The minimum Gasteiger partial charge on any atom is -0.453 e. The number of hydrogen-bond acceptors (Lipinski definition) is 3. The molecular formula is C31H28N2O2. The lowest BCUT2D eigenvalue weighted by Crippen LogP contribution is -2.19. The summed E-state index contributed by atoms with van der Waals surface area (Å²) >= 11 is 0. The van der Waals surface area contributed by atoms with Crippen LogP contribution in [-0.4, -0.2) is 4.57 Å². The van der Waals surface area contributed by atoms with Crippen molar-refractivity contribution in [3.05, 3.63) is 101 Å². The highest BCUT2D eigenvalue weighted by Gasteiger charge is 2.27. The van der Waals surface area contributed by atoms with Gasteiger partial charge in [0, 0.05) is 11.9 Å². The van der Waals surface area contributed by atoms with Gasteiger partial charge in [-0.2, -0.15) is 0 Å². The van der Waals surface area contributed by atoms with Gasteiger partial charge in [-0.05, 0) is 55.0 Å². The van der Waals surface area contributed by atoms with E-state index in [1.54, 1.807) is 0 Å². The van der Waals surface area contributed by atoms with Crippen LogP contribution >= 0.6 is 0 Å². The zero-order valence-corrected chi connectivity index (χ0v) is 19.9. The van der Waals surface area contributed by atoms with Crippen LogP contribution in [0.5, 0.6) is 11.5 Å². The topological polar surface area (TPSA) is 34.5 Å². The minimum absolute atomic E-state index is 0.0671. The second-order valence-electron chi connectivity index (χ2n) is 9.10. The summed E-state index contributed by atoms with van der Waals surface area (Å²) in [5.41, 5.74) is 4.79. The van der Waals surface area contributed by atoms with Crippen molar-refractivity contribution in [3.8, 4) is 11.5 Å². The van der Waals surface area contributed by atoms with Crippen LogP contribution in [0.4, 0.5) is 17.1 Å². The van der Waals surface area contributed by atoms with Crippen molar-refractivity contribution >= 4 is 38.9 Å². The molecule has 1 aliphatic rings. The first-order valence-electron chi connectivity index (χ1n) is 12.5. The summed E-state index contributed by atoms with van der Waals surface area (Å²) in [5.74, 6) is 1.56. The van der Waals surface area contributed by atoms with Crippen LogP contribution in [0.15, 0.2) is 95.8 Å². The van der Waals surface area contributed by atoms with E-state index in [1.807, 2.05) is 54.6 Å². The van der Waals surface area contributed by atoms with Gasteiger partial charge >= 0.3 is 0 Å². The molecule has 0 saturated carbocycles. The van der Waals surface area contributed by atoms with Crippen LogP contribution in [-0.2, 0) is 6.54 Å². The lowest BCUT2D eigenvalue weighted by Gasteiger charge is -2.33. The number of pyridine rings is 1. The number of ether oxygens (including phenoxy) is 1. The van der Waals surface area contributed by atoms with Gasteiger partial charge in [0.15, 0.2) is 16.9 Å². The van der Waals surface area contributed by atoms with Crippen LogP contribution in [0.3, 0.4) is 0 Å². The molecule has 0 amide bonds. The van der Waals surface area contributed by atoms with Crippen LogP contribution in [0.1, 0.15) is 32.6 Å². The van der Waals surface area contributed by atoms with Gasteiger partial charge < -0.3 is 14.2 Å². The van der Waals surface area contributed by atoms with E-state index in [1.165, 1.54) is 19.3 Å². The van der Waals surface area contributed by atoms with Crippen molar-refractivity contribution in [2.75, 3.05) is 4.90 Å². The Hall–Kier alpha value is -4.05. The Balaban J connectivity index is 1.64. The van der Waals surface area contributed by atoms with Gasteiger partial charge in [-0.25, -0.2) is 0 Å². The monoisotopic (exact) mass is 460 g/mol. The smallest absolute Gasteiger partial charge is 0.199 e. The first kappa shape index (κ1) is 21.5. The molecule has 0 bridgehead atoms. The lowest BCUT2D eigenvalue weighted by molar-refractivity contribution is 0.477. The predicted octanol–water partition coefficient (Wildman–Crippen LogP) is 8.31. The molecule has 1 aromatic heterocycles. The van der Waals surface area contributed by atoms with Gasteiger partial charge in [0.25, 0.3) is 0 Å². The van der Waals surface area contributed by atoms with E-state index in [9.17, 15) is 4.79 Å². The molecule has 174 valence electrons. The summed E-state index contributed by atoms with van der Waals surface area (Å²) in [5, 5.41) is 1.51. The molecule has 4 heteroatoms. The van der Waals surface area contributed by atoms with Gasteiger partial charge in [0.2, 0.25) is 0 Å². The molecule has 0 atom stereocenters. The summed E-state index contributed by atoms with van der Waals surface area (Å²) in [6.07, 6.45) is 4.69. The highest BCUT2D eigenvalue weighted by Crippen LogP contribution is 2.51. The summed E-state index contributed by atoms with van der Waals surface area (Å²) in [7, 11) is 0. The fourth-order valence-corrected chi connectivity index (χ4v) is 5.24. The second-order valence-corrected chi connectivity index (χ2v) is 9.10. The molecule has 0 aliphatic carbocycles. The van der Waals surface area contributed by atoms with E-state index in [0.29, 0.717) is 0 Å². The zero-order chi connectivity index (χ0) is 23.8. The van der Waals surface area contributed by atoms with Crippen LogP contribution < -0.4 is 15.1 Å². The Morgan fingerprint density at radius 2 is 1.29 bits per heavy atom. The number of hydrogen-bond donors (Lipinski definition) is 0. The normalized spacial score (nSPS) is 12.4. The van der Waals surface area contributed by atoms with Crippen LogP contribution in [0, 0.1) is 0 Å². The molecule has 1 aliphatic heterocycles. The number of fused-ring (bicyclic) bond motifs is 4. The average Bonchev–Trinajstić information content (AvgIpc) is 2.91. The highest BCUT2D eigenvalue weighted by atomic mass is 16.5. The number of aryl methyl sites for hydroxylation is 1. The maximum atomic E-state index is 14.0. The van der Waals surface area contributed by atoms with Crippen LogP contribution in [0.2, 0.25) is 0 Å². The highest BCUT2D eigenvalue weighted by molar-refractivity contribution is 6.04. The Labute approximate surface area is 205 Å². The maximum absolute atomic E-state index is 14.0. The third-order valence-corrected chi connectivity index (χ3v) is 6.89. The first-order chi connectivity index (χ1) is 17.3. The molecule has 5 aromatic rings. The quantitative estimate of drug-likeness (QED) is 0.185. The molecule has 6 rings (SSSR count). The van der Waals surface area contributed by atoms with E-state index in [-0.39, 0.29) is 5.43 Å². The van der Waals surface area contributed by atoms with E-state index in [2.05, 4.69) is 52.8 Å². The van der Waals surface area contributed by atoms with Gasteiger partial charge in [0.1, 0.15) is 0 Å². The van der Waals surface area contributed by atoms with Crippen molar-refractivity contribution in [3.63, 3.8) is 0 Å². The summed E-state index contributed by atoms with van der Waals surface area (Å²) < 4.78 is 8.55. The number of aromatic nitrogens is 1. The molecule has 0 unspecified atom stereocenters. The maximum Gasteiger partial charge on any atom is 0.199 e. The number of benzene rings is 4. The lowest BCUT2D eigenvalue weighted by atomic mass is 10.0. The van der Waals surface area contributed by atoms with Gasteiger partial charge in [0.05, 0.1) is 33.5 Å². The number of rotatable bonds is 6. The average molecular weight is 461 g/mol. The predicted molar refractivity (Wildman–Crippen MR) is 145 cm³/mol. The van der Waals surface area contributed by atoms with Gasteiger partial charge in [-0.15, -0.1) is 0 Å². The molecule has 0 radical (unpaired) electrons. The molecule has 35 heavy (non-hydrogen) atoms. The number of unbranched alkanes of at least 4 members (excludes halogenated alkanes) is 3. The number of anilines is 3. The largest absolute Gasteiger partial charge is 0.453 e. The van der Waals surface area contributed by atoms with Crippen molar-refractivity contribution in [1.82, 2.24) is 4.57 Å². The third kappa shape index (κ3) is 3.57. The Morgan fingerprint density at radius 1 is 0.657 bits per heavy atom. The molecule has 2 heterocycles. The van der Waals surface area contributed by atoms with Crippen molar-refractivity contribution in [2.24, 2.45) is 0 Å². The second kappa shape index (κ2) is 8.95. The Bertz CT molecular complexity index is 1560. The van der Waals surface area contributed by atoms with Gasteiger partial charge in [-0.1, -0.05) is 68.7 Å². The Morgan fingerprint density at radius 3 is 2.03 bits per heavy atom. The number of nitrogens with zero attached hydrogens (tertiary/aromatic N) is 2. The molecule has 0 spiro atoms. The van der Waals surface area contributed by atoms with E-state index >= 15 is 0 Å². The molecule has 4 aromatic carbocycles. The molecule has 0 fully saturated rings. The molecular weight excluding hydrogens is 432 g/mol. The number of para-hydroxylation sites is 5. The van der Waals surface area contributed by atoms with Crippen molar-refractivity contribution in [2.45, 2.75) is 39.2 Å². The summed E-state index contributed by atoms with van der Waals surface area (Å²) in [6.45, 7) is 3.12. The van der Waals surface area contributed by atoms with E-state index in [0.717, 1.165) is 63.3 Å². The fourth-order valence-electron chi connectivity index (χ4n) is 5.24. The standard InChI is InChI=1S/C31H28N2O2/c1-2-3-4-11-21-32-23-14-6-5-13-22(23)31(34)30-26(32)17-12-18-27(30)33-24-15-7-9-19-28(24)35-29-20-10-8-16-25(29)33/h5-10,12-20H,2-4,11,21H2,1H3. The summed E-state index contributed by atoms with van der Waals surface area (Å²) in [6, 6.07) is 30.2.